The zero-order valence-electron chi connectivity index (χ0n) is 10.9. The van der Waals surface area contributed by atoms with Crippen LogP contribution in [0.2, 0.25) is 5.02 Å². The van der Waals surface area contributed by atoms with Gasteiger partial charge in [0.1, 0.15) is 22.9 Å². The maximum atomic E-state index is 13.9. The highest BCUT2D eigenvalue weighted by atomic mass is 35.5. The Bertz CT molecular complexity index is 656. The van der Waals surface area contributed by atoms with Crippen LogP contribution in [0, 0.1) is 5.82 Å². The van der Waals surface area contributed by atoms with Gasteiger partial charge in [-0.05, 0) is 30.3 Å². The number of carbonyl (C=O) groups excluding carboxylic acids is 1. The van der Waals surface area contributed by atoms with Crippen LogP contribution < -0.4 is 9.47 Å². The molecule has 0 fully saturated rings. The molecule has 0 aliphatic rings. The lowest BCUT2D eigenvalue weighted by atomic mass is 10.0. The third-order valence-corrected chi connectivity index (χ3v) is 3.13. The molecule has 0 aliphatic carbocycles. The molecule has 0 aliphatic heterocycles. The first kappa shape index (κ1) is 14.3. The average Bonchev–Trinajstić information content (AvgIpc) is 2.46. The van der Waals surface area contributed by atoms with E-state index in [2.05, 4.69) is 0 Å². The second-order valence-electron chi connectivity index (χ2n) is 4.00. The van der Waals surface area contributed by atoms with Gasteiger partial charge in [0.25, 0.3) is 0 Å². The maximum absolute atomic E-state index is 13.9. The fourth-order valence-corrected chi connectivity index (χ4v) is 2.10. The number of ether oxygens (including phenoxy) is 2. The second kappa shape index (κ2) is 5.92. The lowest BCUT2D eigenvalue weighted by molar-refractivity contribution is 0.103. The first-order valence-electron chi connectivity index (χ1n) is 5.79. The summed E-state index contributed by atoms with van der Waals surface area (Å²) in [6.45, 7) is 0. The first-order valence-corrected chi connectivity index (χ1v) is 6.17. The SMILES string of the molecule is COc1ccc(C(=O)c2c(F)cccc2OC)cc1Cl. The molecule has 0 saturated heterocycles. The summed E-state index contributed by atoms with van der Waals surface area (Å²) in [7, 11) is 2.86. The molecule has 0 saturated carbocycles. The van der Waals surface area contributed by atoms with Crippen molar-refractivity contribution in [1.29, 1.82) is 0 Å². The minimum Gasteiger partial charge on any atom is -0.496 e. The Morgan fingerprint density at radius 3 is 2.40 bits per heavy atom. The van der Waals surface area contributed by atoms with Gasteiger partial charge in [-0.2, -0.15) is 0 Å². The molecule has 0 amide bonds. The molecule has 20 heavy (non-hydrogen) atoms. The van der Waals surface area contributed by atoms with Crippen LogP contribution in [0.3, 0.4) is 0 Å². The molecule has 3 nitrogen and oxygen atoms in total. The Morgan fingerprint density at radius 2 is 1.80 bits per heavy atom. The molecule has 0 aromatic heterocycles. The minimum absolute atomic E-state index is 0.115. The fraction of sp³-hybridized carbons (Fsp3) is 0.133. The molecule has 0 unspecified atom stereocenters. The van der Waals surface area contributed by atoms with Gasteiger partial charge in [-0.1, -0.05) is 17.7 Å². The van der Waals surface area contributed by atoms with E-state index in [4.69, 9.17) is 21.1 Å². The Labute approximate surface area is 120 Å². The standard InChI is InChI=1S/C15H12ClFO3/c1-19-12-7-6-9(8-10(12)16)15(18)14-11(17)4-3-5-13(14)20-2/h3-8H,1-2H3. The van der Waals surface area contributed by atoms with Gasteiger partial charge in [-0.25, -0.2) is 4.39 Å². The van der Waals surface area contributed by atoms with Gasteiger partial charge in [-0.15, -0.1) is 0 Å². The number of benzene rings is 2. The van der Waals surface area contributed by atoms with E-state index in [0.29, 0.717) is 5.75 Å². The van der Waals surface area contributed by atoms with Gasteiger partial charge < -0.3 is 9.47 Å². The predicted octanol–water partition coefficient (Wildman–Crippen LogP) is 3.73. The smallest absolute Gasteiger partial charge is 0.199 e. The molecule has 0 bridgehead atoms. The molecule has 0 spiro atoms. The first-order chi connectivity index (χ1) is 9.58. The lowest BCUT2D eigenvalue weighted by Crippen LogP contribution is -2.07. The highest BCUT2D eigenvalue weighted by molar-refractivity contribution is 6.32. The van der Waals surface area contributed by atoms with E-state index in [9.17, 15) is 9.18 Å². The second-order valence-corrected chi connectivity index (χ2v) is 4.40. The number of carbonyl (C=O) groups is 1. The molecule has 0 N–H and O–H groups in total. The summed E-state index contributed by atoms with van der Waals surface area (Å²) < 4.78 is 23.9. The van der Waals surface area contributed by atoms with Crippen LogP contribution in [-0.4, -0.2) is 20.0 Å². The maximum Gasteiger partial charge on any atom is 0.199 e. The number of hydrogen-bond acceptors (Lipinski definition) is 3. The van der Waals surface area contributed by atoms with Crippen LogP contribution in [-0.2, 0) is 0 Å². The van der Waals surface area contributed by atoms with Crippen LogP contribution in [0.4, 0.5) is 4.39 Å². The molecule has 5 heteroatoms. The van der Waals surface area contributed by atoms with Crippen molar-refractivity contribution in [2.45, 2.75) is 0 Å². The number of ketones is 1. The Morgan fingerprint density at radius 1 is 1.10 bits per heavy atom. The Balaban J connectivity index is 2.49. The normalized spacial score (nSPS) is 10.2. The fourth-order valence-electron chi connectivity index (χ4n) is 1.85. The Hall–Kier alpha value is -2.07. The van der Waals surface area contributed by atoms with Crippen molar-refractivity contribution in [2.75, 3.05) is 14.2 Å². The molecule has 0 radical (unpaired) electrons. The lowest BCUT2D eigenvalue weighted by Gasteiger charge is -2.09. The summed E-state index contributed by atoms with van der Waals surface area (Å²) in [6.07, 6.45) is 0. The van der Waals surface area contributed by atoms with Gasteiger partial charge >= 0.3 is 0 Å². The van der Waals surface area contributed by atoms with Crippen LogP contribution in [0.1, 0.15) is 15.9 Å². The molecule has 2 aromatic rings. The third-order valence-electron chi connectivity index (χ3n) is 2.84. The summed E-state index contributed by atoms with van der Waals surface area (Å²) in [5.41, 5.74) is 0.149. The van der Waals surface area contributed by atoms with E-state index in [1.807, 2.05) is 0 Å². The highest BCUT2D eigenvalue weighted by Gasteiger charge is 2.20. The van der Waals surface area contributed by atoms with Crippen LogP contribution >= 0.6 is 11.6 Å². The van der Waals surface area contributed by atoms with Gasteiger partial charge in [0.2, 0.25) is 0 Å². The number of hydrogen-bond donors (Lipinski definition) is 0. The van der Waals surface area contributed by atoms with Crippen molar-refractivity contribution in [2.24, 2.45) is 0 Å². The van der Waals surface area contributed by atoms with E-state index >= 15 is 0 Å². The van der Waals surface area contributed by atoms with Crippen molar-refractivity contribution in [3.05, 3.63) is 58.4 Å². The summed E-state index contributed by atoms with van der Waals surface area (Å²) in [4.78, 5) is 12.4. The van der Waals surface area contributed by atoms with Gasteiger partial charge in [-0.3, -0.25) is 4.79 Å². The Kier molecular flexibility index (Phi) is 4.25. The topological polar surface area (TPSA) is 35.5 Å². The van der Waals surface area contributed by atoms with Gasteiger partial charge in [0.15, 0.2) is 5.78 Å². The average molecular weight is 295 g/mol. The monoisotopic (exact) mass is 294 g/mol. The van der Waals surface area contributed by atoms with E-state index < -0.39 is 11.6 Å². The molecule has 2 rings (SSSR count). The molecule has 0 heterocycles. The zero-order chi connectivity index (χ0) is 14.7. The van der Waals surface area contributed by atoms with Crippen molar-refractivity contribution < 1.29 is 18.7 Å². The zero-order valence-corrected chi connectivity index (χ0v) is 11.7. The summed E-state index contributed by atoms with van der Waals surface area (Å²) in [6, 6.07) is 8.74. The number of halogens is 2. The van der Waals surface area contributed by atoms with Crippen LogP contribution in [0.5, 0.6) is 11.5 Å². The largest absolute Gasteiger partial charge is 0.496 e. The van der Waals surface area contributed by atoms with E-state index in [-0.39, 0.29) is 21.9 Å². The van der Waals surface area contributed by atoms with E-state index in [1.165, 1.54) is 44.6 Å². The molecular formula is C15H12ClFO3. The van der Waals surface area contributed by atoms with Crippen molar-refractivity contribution in [3.8, 4) is 11.5 Å². The van der Waals surface area contributed by atoms with Crippen molar-refractivity contribution in [1.82, 2.24) is 0 Å². The molecule has 2 aromatic carbocycles. The molecular weight excluding hydrogens is 283 g/mol. The van der Waals surface area contributed by atoms with Gasteiger partial charge in [0.05, 0.1) is 19.2 Å². The molecule has 104 valence electrons. The van der Waals surface area contributed by atoms with Crippen molar-refractivity contribution in [3.63, 3.8) is 0 Å². The van der Waals surface area contributed by atoms with E-state index in [1.54, 1.807) is 6.07 Å². The van der Waals surface area contributed by atoms with Crippen LogP contribution in [0.15, 0.2) is 36.4 Å². The van der Waals surface area contributed by atoms with E-state index in [0.717, 1.165) is 0 Å². The number of rotatable bonds is 4. The van der Waals surface area contributed by atoms with Crippen molar-refractivity contribution >= 4 is 17.4 Å². The summed E-state index contributed by atoms with van der Waals surface area (Å²) >= 11 is 5.97. The molecule has 0 atom stereocenters. The highest BCUT2D eigenvalue weighted by Crippen LogP contribution is 2.29. The third kappa shape index (κ3) is 2.60. The number of methoxy groups -OCH3 is 2. The minimum atomic E-state index is -0.638. The summed E-state index contributed by atoms with van der Waals surface area (Å²) in [5, 5.41) is 0.286. The summed E-state index contributed by atoms with van der Waals surface area (Å²) in [5.74, 6) is -0.503. The predicted molar refractivity (Wildman–Crippen MR) is 74.4 cm³/mol. The quantitative estimate of drug-likeness (QED) is 0.806. The van der Waals surface area contributed by atoms with Crippen LogP contribution in [0.25, 0.3) is 0 Å². The van der Waals surface area contributed by atoms with Gasteiger partial charge in [0, 0.05) is 5.56 Å².